The normalized spacial score (nSPS) is 15.9. The fourth-order valence-corrected chi connectivity index (χ4v) is 3.02. The molecule has 1 heterocycles. The Balaban J connectivity index is 2.25. The number of carboxylic acids is 1. The number of aromatic carboxylic acids is 1. The number of nitrogen functional groups attached to an aromatic ring is 1. The van der Waals surface area contributed by atoms with Crippen LogP contribution in [-0.4, -0.2) is 42.7 Å². The van der Waals surface area contributed by atoms with Crippen molar-refractivity contribution in [1.82, 2.24) is 4.90 Å². The van der Waals surface area contributed by atoms with E-state index in [0.717, 1.165) is 19.6 Å². The third-order valence-corrected chi connectivity index (χ3v) is 4.25. The molecule has 0 bridgehead atoms. The molecule has 1 aliphatic rings. The second kappa shape index (κ2) is 7.00. The van der Waals surface area contributed by atoms with Crippen LogP contribution in [0, 0.1) is 0 Å². The van der Waals surface area contributed by atoms with E-state index in [1.807, 2.05) is 0 Å². The zero-order valence-electron chi connectivity index (χ0n) is 12.2. The number of ether oxygens (including phenoxy) is 1. The molecule has 0 spiro atoms. The van der Waals surface area contributed by atoms with Crippen molar-refractivity contribution in [2.24, 2.45) is 0 Å². The van der Waals surface area contributed by atoms with Crippen molar-refractivity contribution in [3.63, 3.8) is 0 Å². The molecule has 6 heteroatoms. The molecule has 3 N–H and O–H groups in total. The lowest BCUT2D eigenvalue weighted by Gasteiger charge is -2.27. The van der Waals surface area contributed by atoms with Crippen molar-refractivity contribution in [3.8, 4) is 5.75 Å². The van der Waals surface area contributed by atoms with Gasteiger partial charge in [-0.2, -0.15) is 0 Å². The standard InChI is InChI=1S/C15H21ClN2O3/c1-21-14-10(5-8-18-6-3-2-4-7-18)13(17)12(16)9-11(14)15(19)20/h9H,2-8,17H2,1H3,(H,19,20). The predicted octanol–water partition coefficient (Wildman–Crippen LogP) is 2.66. The highest BCUT2D eigenvalue weighted by Crippen LogP contribution is 2.35. The Hall–Kier alpha value is -1.46. The number of nitrogens with two attached hydrogens (primary N) is 1. The van der Waals surface area contributed by atoms with Gasteiger partial charge in [-0.25, -0.2) is 4.79 Å². The Morgan fingerprint density at radius 1 is 1.43 bits per heavy atom. The van der Waals surface area contributed by atoms with Gasteiger partial charge in [0.25, 0.3) is 0 Å². The first-order valence-corrected chi connectivity index (χ1v) is 7.53. The second-order valence-electron chi connectivity index (χ2n) is 5.29. The largest absolute Gasteiger partial charge is 0.495 e. The van der Waals surface area contributed by atoms with Gasteiger partial charge in [-0.3, -0.25) is 0 Å². The molecule has 1 fully saturated rings. The third kappa shape index (κ3) is 3.60. The Kier molecular flexibility index (Phi) is 5.31. The van der Waals surface area contributed by atoms with Gasteiger partial charge in [0.15, 0.2) is 0 Å². The fourth-order valence-electron chi connectivity index (χ4n) is 2.79. The average Bonchev–Trinajstić information content (AvgIpc) is 2.49. The van der Waals surface area contributed by atoms with Crippen molar-refractivity contribution in [2.45, 2.75) is 25.7 Å². The van der Waals surface area contributed by atoms with E-state index in [0.29, 0.717) is 23.4 Å². The number of benzene rings is 1. The first-order valence-electron chi connectivity index (χ1n) is 7.15. The van der Waals surface area contributed by atoms with Crippen LogP contribution in [-0.2, 0) is 6.42 Å². The molecule has 1 aromatic rings. The number of nitrogens with zero attached hydrogens (tertiary/aromatic N) is 1. The lowest BCUT2D eigenvalue weighted by atomic mass is 10.0. The Morgan fingerprint density at radius 3 is 2.67 bits per heavy atom. The van der Waals surface area contributed by atoms with Crippen LogP contribution in [0.2, 0.25) is 5.02 Å². The van der Waals surface area contributed by atoms with Crippen LogP contribution < -0.4 is 10.5 Å². The second-order valence-corrected chi connectivity index (χ2v) is 5.70. The average molecular weight is 313 g/mol. The summed E-state index contributed by atoms with van der Waals surface area (Å²) in [7, 11) is 1.46. The van der Waals surface area contributed by atoms with E-state index in [1.54, 1.807) is 0 Å². The van der Waals surface area contributed by atoms with Crippen LogP contribution in [0.5, 0.6) is 5.75 Å². The SMILES string of the molecule is COc1c(C(=O)O)cc(Cl)c(N)c1CCN1CCCCC1. The van der Waals surface area contributed by atoms with Gasteiger partial charge in [0.2, 0.25) is 0 Å². The van der Waals surface area contributed by atoms with Crippen molar-refractivity contribution >= 4 is 23.3 Å². The molecule has 1 aromatic carbocycles. The van der Waals surface area contributed by atoms with E-state index in [9.17, 15) is 9.90 Å². The van der Waals surface area contributed by atoms with Gasteiger partial charge in [0, 0.05) is 12.1 Å². The highest BCUT2D eigenvalue weighted by Gasteiger charge is 2.21. The fraction of sp³-hybridized carbons (Fsp3) is 0.533. The Bertz CT molecular complexity index is 528. The summed E-state index contributed by atoms with van der Waals surface area (Å²) in [6.07, 6.45) is 4.34. The van der Waals surface area contributed by atoms with Crippen molar-refractivity contribution < 1.29 is 14.6 Å². The van der Waals surface area contributed by atoms with Gasteiger partial charge in [-0.15, -0.1) is 0 Å². The monoisotopic (exact) mass is 312 g/mol. The molecule has 0 radical (unpaired) electrons. The lowest BCUT2D eigenvalue weighted by molar-refractivity contribution is 0.0693. The van der Waals surface area contributed by atoms with Crippen LogP contribution in [0.25, 0.3) is 0 Å². The number of hydrogen-bond acceptors (Lipinski definition) is 4. The summed E-state index contributed by atoms with van der Waals surface area (Å²) >= 11 is 6.06. The van der Waals surface area contributed by atoms with Gasteiger partial charge in [-0.1, -0.05) is 18.0 Å². The summed E-state index contributed by atoms with van der Waals surface area (Å²) in [5, 5.41) is 9.53. The minimum absolute atomic E-state index is 0.0605. The van der Waals surface area contributed by atoms with Crippen LogP contribution in [0.1, 0.15) is 35.2 Å². The molecule has 1 aliphatic heterocycles. The molecular weight excluding hydrogens is 292 g/mol. The molecule has 1 saturated heterocycles. The van der Waals surface area contributed by atoms with Crippen LogP contribution in [0.15, 0.2) is 6.07 Å². The number of carboxylic acid groups (broad SMARTS) is 1. The van der Waals surface area contributed by atoms with Crippen molar-refractivity contribution in [1.29, 1.82) is 0 Å². The molecule has 5 nitrogen and oxygen atoms in total. The summed E-state index contributed by atoms with van der Waals surface area (Å²) in [5.41, 5.74) is 7.18. The molecule has 0 amide bonds. The number of piperidine rings is 1. The van der Waals surface area contributed by atoms with Gasteiger partial charge >= 0.3 is 5.97 Å². The molecule has 0 unspecified atom stereocenters. The first kappa shape index (κ1) is 15.9. The molecule has 0 atom stereocenters. The van der Waals surface area contributed by atoms with E-state index in [4.69, 9.17) is 22.1 Å². The van der Waals surface area contributed by atoms with E-state index in [-0.39, 0.29) is 10.6 Å². The maximum Gasteiger partial charge on any atom is 0.339 e. The first-order chi connectivity index (χ1) is 10.0. The number of carbonyl (C=O) groups is 1. The van der Waals surface area contributed by atoms with Gasteiger partial charge in [0.1, 0.15) is 11.3 Å². The van der Waals surface area contributed by atoms with Gasteiger partial charge in [0.05, 0.1) is 17.8 Å². The molecule has 116 valence electrons. The molecular formula is C15H21ClN2O3. The van der Waals surface area contributed by atoms with Crippen molar-refractivity contribution in [3.05, 3.63) is 22.2 Å². The van der Waals surface area contributed by atoms with E-state index in [1.165, 1.54) is 32.4 Å². The maximum absolute atomic E-state index is 11.3. The topological polar surface area (TPSA) is 75.8 Å². The number of likely N-dealkylation sites (tertiary alicyclic amines) is 1. The molecule has 0 aliphatic carbocycles. The number of halogens is 1. The van der Waals surface area contributed by atoms with Crippen LogP contribution >= 0.6 is 11.6 Å². The smallest absolute Gasteiger partial charge is 0.339 e. The van der Waals surface area contributed by atoms with Crippen molar-refractivity contribution in [2.75, 3.05) is 32.5 Å². The highest BCUT2D eigenvalue weighted by molar-refractivity contribution is 6.33. The number of hydrogen-bond donors (Lipinski definition) is 2. The zero-order chi connectivity index (χ0) is 15.4. The summed E-state index contributed by atoms with van der Waals surface area (Å²) in [5.74, 6) is -0.741. The molecule has 21 heavy (non-hydrogen) atoms. The number of anilines is 1. The minimum atomic E-state index is -1.06. The van der Waals surface area contributed by atoms with E-state index >= 15 is 0 Å². The van der Waals surface area contributed by atoms with Gasteiger partial charge in [-0.05, 0) is 38.4 Å². The van der Waals surface area contributed by atoms with E-state index < -0.39 is 5.97 Å². The van der Waals surface area contributed by atoms with Crippen LogP contribution in [0.3, 0.4) is 0 Å². The molecule has 0 aromatic heterocycles. The third-order valence-electron chi connectivity index (χ3n) is 3.93. The zero-order valence-corrected chi connectivity index (χ0v) is 12.9. The summed E-state index contributed by atoms with van der Waals surface area (Å²) in [4.78, 5) is 13.7. The van der Waals surface area contributed by atoms with E-state index in [2.05, 4.69) is 4.90 Å². The Labute approximate surface area is 129 Å². The summed E-state index contributed by atoms with van der Waals surface area (Å²) < 4.78 is 5.28. The predicted molar refractivity (Wildman–Crippen MR) is 83.4 cm³/mol. The lowest BCUT2D eigenvalue weighted by Crippen LogP contribution is -2.31. The van der Waals surface area contributed by atoms with Gasteiger partial charge < -0.3 is 20.5 Å². The van der Waals surface area contributed by atoms with Crippen LogP contribution in [0.4, 0.5) is 5.69 Å². The molecule has 0 saturated carbocycles. The quantitative estimate of drug-likeness (QED) is 0.817. The maximum atomic E-state index is 11.3. The Morgan fingerprint density at radius 2 is 2.10 bits per heavy atom. The summed E-state index contributed by atoms with van der Waals surface area (Å²) in [6.45, 7) is 2.99. The number of rotatable bonds is 5. The summed E-state index contributed by atoms with van der Waals surface area (Å²) in [6, 6.07) is 1.35. The number of methoxy groups -OCH3 is 1. The highest BCUT2D eigenvalue weighted by atomic mass is 35.5. The minimum Gasteiger partial charge on any atom is -0.495 e. The molecule has 2 rings (SSSR count).